The largest absolute Gasteiger partial charge is 0.481 e. The third-order valence-electron chi connectivity index (χ3n) is 5.32. The van der Waals surface area contributed by atoms with E-state index in [2.05, 4.69) is 34.5 Å². The lowest BCUT2D eigenvalue weighted by Gasteiger charge is -2.17. The Labute approximate surface area is 162 Å². The number of carbonyl (C=O) groups excluding carboxylic acids is 1. The molecule has 2 aromatic carbocycles. The first-order valence-electron chi connectivity index (χ1n) is 9.83. The van der Waals surface area contributed by atoms with Crippen molar-refractivity contribution in [1.82, 2.24) is 10.2 Å². The van der Waals surface area contributed by atoms with Crippen molar-refractivity contribution in [2.45, 2.75) is 52.8 Å². The summed E-state index contributed by atoms with van der Waals surface area (Å²) in [6.45, 7) is 9.79. The summed E-state index contributed by atoms with van der Waals surface area (Å²) in [6.07, 6.45) is 2.10. The van der Waals surface area contributed by atoms with Crippen molar-refractivity contribution in [3.05, 3.63) is 64.7 Å². The number of nitrogens with one attached hydrogen (secondary N) is 1. The molecule has 1 fully saturated rings. The summed E-state index contributed by atoms with van der Waals surface area (Å²) >= 11 is 0. The zero-order valence-electron chi connectivity index (χ0n) is 16.6. The number of likely N-dealkylation sites (tertiary alicyclic amines) is 1. The van der Waals surface area contributed by atoms with Gasteiger partial charge in [0.25, 0.3) is 5.91 Å². The molecule has 3 rings (SSSR count). The van der Waals surface area contributed by atoms with Gasteiger partial charge in [-0.1, -0.05) is 36.4 Å². The molecular formula is C23H30N2O2. The summed E-state index contributed by atoms with van der Waals surface area (Å²) in [5.41, 5.74) is 4.67. The Balaban J connectivity index is 1.48. The molecule has 0 spiro atoms. The van der Waals surface area contributed by atoms with Crippen LogP contribution in [-0.2, 0) is 17.9 Å². The van der Waals surface area contributed by atoms with Crippen LogP contribution in [0.5, 0.6) is 5.75 Å². The molecule has 0 saturated carbocycles. The van der Waals surface area contributed by atoms with Gasteiger partial charge in [0.1, 0.15) is 5.75 Å². The van der Waals surface area contributed by atoms with E-state index in [-0.39, 0.29) is 5.91 Å². The zero-order chi connectivity index (χ0) is 19.2. The Kier molecular flexibility index (Phi) is 6.51. The molecule has 0 unspecified atom stereocenters. The first kappa shape index (κ1) is 19.4. The maximum Gasteiger partial charge on any atom is 0.261 e. The molecule has 144 valence electrons. The lowest BCUT2D eigenvalue weighted by molar-refractivity contribution is -0.127. The van der Waals surface area contributed by atoms with Gasteiger partial charge >= 0.3 is 0 Å². The van der Waals surface area contributed by atoms with Crippen LogP contribution in [0.15, 0.2) is 42.5 Å². The van der Waals surface area contributed by atoms with Crippen molar-refractivity contribution in [2.75, 3.05) is 13.1 Å². The van der Waals surface area contributed by atoms with Crippen LogP contribution >= 0.6 is 0 Å². The average Bonchev–Trinajstić information content (AvgIpc) is 3.17. The first-order valence-corrected chi connectivity index (χ1v) is 9.83. The van der Waals surface area contributed by atoms with Crippen LogP contribution < -0.4 is 10.1 Å². The van der Waals surface area contributed by atoms with Gasteiger partial charge in [0.05, 0.1) is 0 Å². The number of carbonyl (C=O) groups is 1. The molecule has 1 saturated heterocycles. The molecule has 27 heavy (non-hydrogen) atoms. The van der Waals surface area contributed by atoms with E-state index in [0.29, 0.717) is 6.54 Å². The Hall–Kier alpha value is -2.33. The predicted molar refractivity (Wildman–Crippen MR) is 109 cm³/mol. The van der Waals surface area contributed by atoms with E-state index in [1.165, 1.54) is 31.5 Å². The van der Waals surface area contributed by atoms with Gasteiger partial charge in [-0.05, 0) is 75.0 Å². The topological polar surface area (TPSA) is 41.6 Å². The maximum absolute atomic E-state index is 12.4. The number of amides is 1. The molecule has 2 aromatic rings. The summed E-state index contributed by atoms with van der Waals surface area (Å²) < 4.78 is 5.85. The van der Waals surface area contributed by atoms with Crippen molar-refractivity contribution >= 4 is 5.91 Å². The highest BCUT2D eigenvalue weighted by Gasteiger charge is 2.16. The Bertz CT molecular complexity index is 764. The van der Waals surface area contributed by atoms with Gasteiger partial charge in [0.15, 0.2) is 6.10 Å². The molecule has 1 atom stereocenters. The highest BCUT2D eigenvalue weighted by Crippen LogP contribution is 2.21. The van der Waals surface area contributed by atoms with Gasteiger partial charge in [0.2, 0.25) is 0 Å². The number of benzene rings is 2. The predicted octanol–water partition coefficient (Wildman–Crippen LogP) is 3.98. The monoisotopic (exact) mass is 366 g/mol. The van der Waals surface area contributed by atoms with Gasteiger partial charge < -0.3 is 10.1 Å². The molecule has 4 heteroatoms. The van der Waals surface area contributed by atoms with Crippen LogP contribution in [0, 0.1) is 13.8 Å². The SMILES string of the molecule is Cc1cccc(O[C@H](C)C(=O)NCc2ccc(CN3CCCC3)cc2)c1C. The van der Waals surface area contributed by atoms with Gasteiger partial charge in [-0.2, -0.15) is 0 Å². The van der Waals surface area contributed by atoms with Crippen LogP contribution in [0.4, 0.5) is 0 Å². The smallest absolute Gasteiger partial charge is 0.261 e. The highest BCUT2D eigenvalue weighted by molar-refractivity contribution is 5.80. The van der Waals surface area contributed by atoms with E-state index in [9.17, 15) is 4.79 Å². The minimum absolute atomic E-state index is 0.1000. The summed E-state index contributed by atoms with van der Waals surface area (Å²) in [4.78, 5) is 14.9. The van der Waals surface area contributed by atoms with Crippen LogP contribution in [-0.4, -0.2) is 30.0 Å². The van der Waals surface area contributed by atoms with Gasteiger partial charge in [-0.15, -0.1) is 0 Å². The Morgan fingerprint density at radius 1 is 1.07 bits per heavy atom. The number of ether oxygens (including phenoxy) is 1. The summed E-state index contributed by atoms with van der Waals surface area (Å²) in [7, 11) is 0. The van der Waals surface area contributed by atoms with Crippen molar-refractivity contribution in [2.24, 2.45) is 0 Å². The van der Waals surface area contributed by atoms with E-state index >= 15 is 0 Å². The fourth-order valence-electron chi connectivity index (χ4n) is 3.39. The molecule has 4 nitrogen and oxygen atoms in total. The second-order valence-electron chi connectivity index (χ2n) is 7.48. The number of rotatable bonds is 7. The second kappa shape index (κ2) is 9.05. The quantitative estimate of drug-likeness (QED) is 0.806. The number of hydrogen-bond acceptors (Lipinski definition) is 3. The molecule has 0 aromatic heterocycles. The summed E-state index contributed by atoms with van der Waals surface area (Å²) in [5, 5.41) is 2.97. The van der Waals surface area contributed by atoms with Crippen molar-refractivity contribution in [3.8, 4) is 5.75 Å². The zero-order valence-corrected chi connectivity index (χ0v) is 16.6. The number of hydrogen-bond donors (Lipinski definition) is 1. The number of aryl methyl sites for hydroxylation is 1. The van der Waals surface area contributed by atoms with Crippen molar-refractivity contribution < 1.29 is 9.53 Å². The van der Waals surface area contributed by atoms with E-state index < -0.39 is 6.10 Å². The standard InChI is InChI=1S/C23H30N2O2/c1-17-7-6-8-22(18(17)2)27-19(3)23(26)24-15-20-9-11-21(12-10-20)16-25-13-4-5-14-25/h6-12,19H,4-5,13-16H2,1-3H3,(H,24,26)/t19-/m1/s1. The molecular weight excluding hydrogens is 336 g/mol. The lowest BCUT2D eigenvalue weighted by Crippen LogP contribution is -2.36. The third-order valence-corrected chi connectivity index (χ3v) is 5.32. The minimum atomic E-state index is -0.528. The van der Waals surface area contributed by atoms with E-state index in [0.717, 1.165) is 29.0 Å². The normalized spacial score (nSPS) is 15.5. The molecule has 1 heterocycles. The van der Waals surface area contributed by atoms with Gasteiger partial charge in [0, 0.05) is 13.1 Å². The van der Waals surface area contributed by atoms with Gasteiger partial charge in [-0.25, -0.2) is 0 Å². The van der Waals surface area contributed by atoms with E-state index in [4.69, 9.17) is 4.74 Å². The van der Waals surface area contributed by atoms with Gasteiger partial charge in [-0.3, -0.25) is 9.69 Å². The second-order valence-corrected chi connectivity index (χ2v) is 7.48. The molecule has 0 radical (unpaired) electrons. The average molecular weight is 367 g/mol. The van der Waals surface area contributed by atoms with Crippen LogP contribution in [0.25, 0.3) is 0 Å². The minimum Gasteiger partial charge on any atom is -0.481 e. The molecule has 1 amide bonds. The third kappa shape index (κ3) is 5.33. The molecule has 1 aliphatic heterocycles. The summed E-state index contributed by atoms with van der Waals surface area (Å²) in [6, 6.07) is 14.4. The maximum atomic E-state index is 12.4. The molecule has 0 bridgehead atoms. The highest BCUT2D eigenvalue weighted by atomic mass is 16.5. The molecule has 1 aliphatic rings. The van der Waals surface area contributed by atoms with Crippen LogP contribution in [0.2, 0.25) is 0 Å². The summed E-state index contributed by atoms with van der Waals surface area (Å²) in [5.74, 6) is 0.668. The van der Waals surface area contributed by atoms with Crippen molar-refractivity contribution in [3.63, 3.8) is 0 Å². The van der Waals surface area contributed by atoms with Crippen molar-refractivity contribution in [1.29, 1.82) is 0 Å². The first-order chi connectivity index (χ1) is 13.0. The number of nitrogens with zero attached hydrogens (tertiary/aromatic N) is 1. The molecule has 0 aliphatic carbocycles. The fraction of sp³-hybridized carbons (Fsp3) is 0.435. The van der Waals surface area contributed by atoms with E-state index in [1.54, 1.807) is 6.92 Å². The van der Waals surface area contributed by atoms with Crippen LogP contribution in [0.1, 0.15) is 42.0 Å². The Morgan fingerprint density at radius 2 is 1.74 bits per heavy atom. The Morgan fingerprint density at radius 3 is 2.44 bits per heavy atom. The fourth-order valence-corrected chi connectivity index (χ4v) is 3.39. The molecule has 1 N–H and O–H groups in total. The lowest BCUT2D eigenvalue weighted by atomic mass is 10.1. The van der Waals surface area contributed by atoms with Crippen LogP contribution in [0.3, 0.4) is 0 Å². The van der Waals surface area contributed by atoms with E-state index in [1.807, 2.05) is 32.0 Å².